The summed E-state index contributed by atoms with van der Waals surface area (Å²) < 4.78 is 25.2. The van der Waals surface area contributed by atoms with Gasteiger partial charge < -0.3 is 5.11 Å². The first-order chi connectivity index (χ1) is 7.93. The summed E-state index contributed by atoms with van der Waals surface area (Å²) in [6.07, 6.45) is 2.41. The van der Waals surface area contributed by atoms with Gasteiger partial charge in [-0.15, -0.1) is 0 Å². The lowest BCUT2D eigenvalue weighted by Crippen LogP contribution is -2.52. The van der Waals surface area contributed by atoms with E-state index in [1.807, 2.05) is 0 Å². The molecular weight excluding hydrogens is 244 g/mol. The maximum absolute atomic E-state index is 11.9. The number of rotatable bonds is 4. The number of hydrogen-bond acceptors (Lipinski definition) is 4. The van der Waals surface area contributed by atoms with Gasteiger partial charge in [0, 0.05) is 32.2 Å². The molecule has 0 spiro atoms. The smallest absolute Gasteiger partial charge is 0.323 e. The van der Waals surface area contributed by atoms with Crippen LogP contribution in [0.25, 0.3) is 0 Å². The van der Waals surface area contributed by atoms with Gasteiger partial charge in [-0.1, -0.05) is 0 Å². The van der Waals surface area contributed by atoms with Gasteiger partial charge in [0.25, 0.3) is 0 Å². The highest BCUT2D eigenvalue weighted by atomic mass is 32.2. The van der Waals surface area contributed by atoms with Crippen molar-refractivity contribution in [2.24, 2.45) is 0 Å². The van der Waals surface area contributed by atoms with E-state index in [2.05, 4.69) is 4.90 Å². The quantitative estimate of drug-likeness (QED) is 0.744. The molecule has 0 aromatic heterocycles. The molecule has 7 heteroatoms. The molecule has 1 saturated carbocycles. The van der Waals surface area contributed by atoms with Crippen LogP contribution >= 0.6 is 0 Å². The molecule has 1 aliphatic carbocycles. The number of carboxylic acid groups (broad SMARTS) is 1. The van der Waals surface area contributed by atoms with Crippen molar-refractivity contribution < 1.29 is 18.3 Å². The van der Waals surface area contributed by atoms with Crippen molar-refractivity contribution >= 4 is 16.0 Å². The van der Waals surface area contributed by atoms with E-state index in [0.717, 1.165) is 13.1 Å². The maximum atomic E-state index is 11.9. The van der Waals surface area contributed by atoms with Crippen LogP contribution in [0.5, 0.6) is 0 Å². The third-order valence-corrected chi connectivity index (χ3v) is 5.67. The molecule has 0 aromatic carbocycles. The molecule has 2 rings (SSSR count). The first-order valence-corrected chi connectivity index (χ1v) is 7.39. The molecule has 2 aliphatic rings. The summed E-state index contributed by atoms with van der Waals surface area (Å²) in [5.74, 6) is -1.28. The van der Waals surface area contributed by atoms with Crippen molar-refractivity contribution in [1.82, 2.24) is 9.21 Å². The van der Waals surface area contributed by atoms with Crippen LogP contribution in [0.4, 0.5) is 0 Å². The summed E-state index contributed by atoms with van der Waals surface area (Å²) in [5.41, 5.74) is 0. The van der Waals surface area contributed by atoms with Gasteiger partial charge in [0.05, 0.1) is 0 Å². The Bertz CT molecular complexity index is 397. The van der Waals surface area contributed by atoms with Crippen LogP contribution in [-0.2, 0) is 14.8 Å². The summed E-state index contributed by atoms with van der Waals surface area (Å²) in [7, 11) is -3.68. The van der Waals surface area contributed by atoms with Gasteiger partial charge >= 0.3 is 5.97 Å². The van der Waals surface area contributed by atoms with Gasteiger partial charge in [-0.05, 0) is 19.8 Å². The lowest BCUT2D eigenvalue weighted by Gasteiger charge is -2.34. The first kappa shape index (κ1) is 12.8. The fourth-order valence-electron chi connectivity index (χ4n) is 2.11. The van der Waals surface area contributed by atoms with Crippen molar-refractivity contribution in [1.29, 1.82) is 0 Å². The minimum absolute atomic E-state index is 0.413. The van der Waals surface area contributed by atoms with Crippen LogP contribution < -0.4 is 0 Å². The SMILES string of the molecule is CC(C(=O)O)S(=O)(=O)N1CCN(C2CC2)CC1. The van der Waals surface area contributed by atoms with Crippen LogP contribution in [0, 0.1) is 0 Å². The van der Waals surface area contributed by atoms with Crippen LogP contribution in [0.2, 0.25) is 0 Å². The molecule has 1 saturated heterocycles. The van der Waals surface area contributed by atoms with E-state index in [9.17, 15) is 13.2 Å². The molecule has 1 aliphatic heterocycles. The predicted octanol–water partition coefficient (Wildman–Crippen LogP) is -0.431. The summed E-state index contributed by atoms with van der Waals surface area (Å²) in [6.45, 7) is 3.49. The van der Waals surface area contributed by atoms with Crippen LogP contribution in [0.1, 0.15) is 19.8 Å². The second-order valence-corrected chi connectivity index (χ2v) is 6.95. The van der Waals surface area contributed by atoms with E-state index in [1.54, 1.807) is 0 Å². The molecule has 2 fully saturated rings. The van der Waals surface area contributed by atoms with Crippen LogP contribution in [-0.4, -0.2) is 66.2 Å². The average Bonchev–Trinajstić information content (AvgIpc) is 3.12. The minimum Gasteiger partial charge on any atom is -0.480 e. The fourth-order valence-corrected chi connectivity index (χ4v) is 3.49. The van der Waals surface area contributed by atoms with E-state index >= 15 is 0 Å². The van der Waals surface area contributed by atoms with E-state index in [0.29, 0.717) is 19.1 Å². The monoisotopic (exact) mass is 262 g/mol. The van der Waals surface area contributed by atoms with E-state index in [1.165, 1.54) is 24.1 Å². The third kappa shape index (κ3) is 2.61. The molecule has 6 nitrogen and oxygen atoms in total. The Labute approximate surface area is 101 Å². The molecule has 0 amide bonds. The van der Waals surface area contributed by atoms with Gasteiger partial charge in [0.15, 0.2) is 5.25 Å². The molecular formula is C10H18N2O4S. The molecule has 0 radical (unpaired) electrons. The van der Waals surface area contributed by atoms with Crippen molar-refractivity contribution in [2.75, 3.05) is 26.2 Å². The number of nitrogens with zero attached hydrogens (tertiary/aromatic N) is 2. The number of hydrogen-bond donors (Lipinski definition) is 1. The largest absolute Gasteiger partial charge is 0.480 e. The van der Waals surface area contributed by atoms with Crippen molar-refractivity contribution in [2.45, 2.75) is 31.1 Å². The second-order valence-electron chi connectivity index (χ2n) is 4.69. The molecule has 0 bridgehead atoms. The topological polar surface area (TPSA) is 77.9 Å². The molecule has 1 atom stereocenters. The van der Waals surface area contributed by atoms with Crippen molar-refractivity contribution in [3.63, 3.8) is 0 Å². The predicted molar refractivity (Wildman–Crippen MR) is 62.2 cm³/mol. The summed E-state index contributed by atoms with van der Waals surface area (Å²) in [6, 6.07) is 0.636. The van der Waals surface area contributed by atoms with Gasteiger partial charge in [-0.25, -0.2) is 8.42 Å². The summed E-state index contributed by atoms with van der Waals surface area (Å²) in [4.78, 5) is 13.0. The zero-order chi connectivity index (χ0) is 12.6. The summed E-state index contributed by atoms with van der Waals surface area (Å²) >= 11 is 0. The highest BCUT2D eigenvalue weighted by Crippen LogP contribution is 2.28. The van der Waals surface area contributed by atoms with Gasteiger partial charge in [-0.3, -0.25) is 9.69 Å². The lowest BCUT2D eigenvalue weighted by molar-refractivity contribution is -0.136. The highest BCUT2D eigenvalue weighted by Gasteiger charge is 2.38. The molecule has 1 N–H and O–H groups in total. The molecule has 0 aromatic rings. The van der Waals surface area contributed by atoms with E-state index < -0.39 is 21.2 Å². The fraction of sp³-hybridized carbons (Fsp3) is 0.900. The molecule has 1 unspecified atom stereocenters. The minimum atomic E-state index is -3.68. The van der Waals surface area contributed by atoms with Gasteiger partial charge in [-0.2, -0.15) is 4.31 Å². The number of piperazine rings is 1. The Balaban J connectivity index is 1.97. The average molecular weight is 262 g/mol. The van der Waals surface area contributed by atoms with Gasteiger partial charge in [0.2, 0.25) is 10.0 Å². The molecule has 17 heavy (non-hydrogen) atoms. The molecule has 98 valence electrons. The first-order valence-electron chi connectivity index (χ1n) is 5.88. The Kier molecular flexibility index (Phi) is 3.42. The van der Waals surface area contributed by atoms with Crippen LogP contribution in [0.3, 0.4) is 0 Å². The Morgan fingerprint density at radius 1 is 1.24 bits per heavy atom. The normalized spacial score (nSPS) is 25.7. The van der Waals surface area contributed by atoms with E-state index in [-0.39, 0.29) is 0 Å². The second kappa shape index (κ2) is 4.55. The number of aliphatic carboxylic acids is 1. The van der Waals surface area contributed by atoms with Crippen molar-refractivity contribution in [3.05, 3.63) is 0 Å². The van der Waals surface area contributed by atoms with Gasteiger partial charge in [0.1, 0.15) is 0 Å². The lowest BCUT2D eigenvalue weighted by atomic mass is 10.3. The zero-order valence-electron chi connectivity index (χ0n) is 9.87. The Hall–Kier alpha value is -0.660. The molecule has 1 heterocycles. The Morgan fingerprint density at radius 2 is 1.76 bits per heavy atom. The van der Waals surface area contributed by atoms with Crippen LogP contribution in [0.15, 0.2) is 0 Å². The van der Waals surface area contributed by atoms with Crippen molar-refractivity contribution in [3.8, 4) is 0 Å². The number of carboxylic acids is 1. The maximum Gasteiger partial charge on any atom is 0.323 e. The Morgan fingerprint density at radius 3 is 2.18 bits per heavy atom. The third-order valence-electron chi connectivity index (χ3n) is 3.49. The number of sulfonamides is 1. The zero-order valence-corrected chi connectivity index (χ0v) is 10.7. The number of carbonyl (C=O) groups is 1. The standard InChI is InChI=1S/C10H18N2O4S/c1-8(10(13)14)17(15,16)12-6-4-11(5-7-12)9-2-3-9/h8-9H,2-7H2,1H3,(H,13,14). The van der Waals surface area contributed by atoms with E-state index in [4.69, 9.17) is 5.11 Å². The summed E-state index contributed by atoms with van der Waals surface area (Å²) in [5, 5.41) is 7.43. The highest BCUT2D eigenvalue weighted by molar-refractivity contribution is 7.90.